The molecule has 0 unspecified atom stereocenters. The van der Waals surface area contributed by atoms with Crippen molar-refractivity contribution in [1.29, 1.82) is 0 Å². The van der Waals surface area contributed by atoms with Crippen LogP contribution in [0.4, 0.5) is 14.9 Å². The highest BCUT2D eigenvalue weighted by atomic mass is 19.1. The maximum atomic E-state index is 13.3. The molecule has 3 nitrogen and oxygen atoms in total. The summed E-state index contributed by atoms with van der Waals surface area (Å²) in [7, 11) is 0. The van der Waals surface area contributed by atoms with Crippen molar-refractivity contribution in [3.63, 3.8) is 0 Å². The summed E-state index contributed by atoms with van der Waals surface area (Å²) in [5.41, 5.74) is 1.22. The summed E-state index contributed by atoms with van der Waals surface area (Å²) in [5.74, 6) is -0.394. The first-order valence-electron chi connectivity index (χ1n) is 5.39. The van der Waals surface area contributed by atoms with E-state index in [9.17, 15) is 9.18 Å². The summed E-state index contributed by atoms with van der Waals surface area (Å²) in [6, 6.07) is 4.67. The summed E-state index contributed by atoms with van der Waals surface area (Å²) in [6.07, 6.45) is -0.477. The van der Waals surface area contributed by atoms with Crippen molar-refractivity contribution in [2.45, 2.75) is 20.8 Å². The van der Waals surface area contributed by atoms with Crippen LogP contribution in [0.25, 0.3) is 0 Å². The number of halogens is 1. The second-order valence-electron chi connectivity index (χ2n) is 3.22. The van der Waals surface area contributed by atoms with E-state index in [2.05, 4.69) is 0 Å². The fourth-order valence-electron chi connectivity index (χ4n) is 1.44. The topological polar surface area (TPSA) is 29.5 Å². The van der Waals surface area contributed by atoms with E-state index in [1.54, 1.807) is 12.1 Å². The van der Waals surface area contributed by atoms with Gasteiger partial charge in [0.25, 0.3) is 0 Å². The number of amides is 1. The lowest BCUT2D eigenvalue weighted by atomic mass is 10.2. The number of hydrogen-bond donors (Lipinski definition) is 0. The molecule has 0 N–H and O–H groups in total. The van der Waals surface area contributed by atoms with Crippen LogP contribution in [0.15, 0.2) is 18.2 Å². The molecule has 0 saturated carbocycles. The molecule has 0 bridgehead atoms. The van der Waals surface area contributed by atoms with Crippen LogP contribution in [-0.2, 0) is 4.74 Å². The quantitative estimate of drug-likeness (QED) is 0.735. The van der Waals surface area contributed by atoms with Crippen molar-refractivity contribution >= 4 is 11.8 Å². The molecule has 4 heteroatoms. The van der Waals surface area contributed by atoms with Crippen LogP contribution in [0.5, 0.6) is 0 Å². The molecule has 1 saturated heterocycles. The van der Waals surface area contributed by atoms with E-state index in [-0.39, 0.29) is 0 Å². The van der Waals surface area contributed by atoms with Gasteiger partial charge < -0.3 is 4.74 Å². The Morgan fingerprint density at radius 1 is 1.38 bits per heavy atom. The van der Waals surface area contributed by atoms with Crippen LogP contribution in [0.3, 0.4) is 0 Å². The van der Waals surface area contributed by atoms with Crippen LogP contribution < -0.4 is 4.90 Å². The highest BCUT2D eigenvalue weighted by Crippen LogP contribution is 2.23. The van der Waals surface area contributed by atoms with E-state index in [0.717, 1.165) is 5.56 Å². The number of rotatable bonds is 1. The SMILES string of the molecule is CC.Cc1ccc(F)c(N2CCOC2=O)c1. The fourth-order valence-corrected chi connectivity index (χ4v) is 1.44. The van der Waals surface area contributed by atoms with Gasteiger partial charge in [-0.15, -0.1) is 0 Å². The molecule has 1 aromatic carbocycles. The normalized spacial score (nSPS) is 14.2. The predicted octanol–water partition coefficient (Wildman–Crippen LogP) is 3.12. The average molecular weight is 225 g/mol. The first kappa shape index (κ1) is 12.5. The molecule has 0 atom stereocenters. The van der Waals surface area contributed by atoms with Crippen molar-refractivity contribution in [2.24, 2.45) is 0 Å². The number of carbonyl (C=O) groups is 1. The Morgan fingerprint density at radius 2 is 2.06 bits per heavy atom. The molecule has 2 rings (SSSR count). The van der Waals surface area contributed by atoms with Gasteiger partial charge in [-0.2, -0.15) is 0 Å². The number of anilines is 1. The molecule has 1 amide bonds. The average Bonchev–Trinajstić information content (AvgIpc) is 2.71. The molecule has 16 heavy (non-hydrogen) atoms. The van der Waals surface area contributed by atoms with Crippen molar-refractivity contribution < 1.29 is 13.9 Å². The summed E-state index contributed by atoms with van der Waals surface area (Å²) >= 11 is 0. The highest BCUT2D eigenvalue weighted by molar-refractivity contribution is 5.89. The Hall–Kier alpha value is -1.58. The smallest absolute Gasteiger partial charge is 0.414 e. The summed E-state index contributed by atoms with van der Waals surface area (Å²) in [4.78, 5) is 12.5. The summed E-state index contributed by atoms with van der Waals surface area (Å²) in [5, 5.41) is 0. The maximum Gasteiger partial charge on any atom is 0.414 e. The van der Waals surface area contributed by atoms with Crippen molar-refractivity contribution in [3.8, 4) is 0 Å². The lowest BCUT2D eigenvalue weighted by molar-refractivity contribution is 0.181. The molecular weight excluding hydrogens is 209 g/mol. The molecular formula is C12H16FNO2. The summed E-state index contributed by atoms with van der Waals surface area (Å²) in [6.45, 7) is 6.59. The van der Waals surface area contributed by atoms with Crippen LogP contribution in [-0.4, -0.2) is 19.2 Å². The van der Waals surface area contributed by atoms with Gasteiger partial charge in [-0.3, -0.25) is 4.90 Å². The van der Waals surface area contributed by atoms with Crippen molar-refractivity contribution in [1.82, 2.24) is 0 Å². The number of aryl methyl sites for hydroxylation is 1. The van der Waals surface area contributed by atoms with Gasteiger partial charge in [0, 0.05) is 0 Å². The third-order valence-electron chi connectivity index (χ3n) is 2.15. The van der Waals surface area contributed by atoms with Gasteiger partial charge in [0.1, 0.15) is 12.4 Å². The predicted molar refractivity (Wildman–Crippen MR) is 61.2 cm³/mol. The van der Waals surface area contributed by atoms with Crippen molar-refractivity contribution in [2.75, 3.05) is 18.1 Å². The standard InChI is InChI=1S/C10H10FNO2.C2H6/c1-7-2-3-8(11)9(6-7)12-4-5-14-10(12)13;1-2/h2-3,6H,4-5H2,1H3;1-2H3. The van der Waals surface area contributed by atoms with E-state index >= 15 is 0 Å². The third kappa shape index (κ3) is 2.51. The molecule has 1 aliphatic rings. The number of cyclic esters (lactones) is 1. The minimum Gasteiger partial charge on any atom is -0.447 e. The van der Waals surface area contributed by atoms with Gasteiger partial charge in [0.15, 0.2) is 0 Å². The van der Waals surface area contributed by atoms with Crippen LogP contribution >= 0.6 is 0 Å². The number of benzene rings is 1. The zero-order chi connectivity index (χ0) is 12.1. The second kappa shape index (κ2) is 5.49. The van der Waals surface area contributed by atoms with E-state index in [4.69, 9.17) is 4.74 Å². The van der Waals surface area contributed by atoms with Crippen LogP contribution in [0, 0.1) is 12.7 Å². The number of carbonyl (C=O) groups excluding carboxylic acids is 1. The Kier molecular flexibility index (Phi) is 4.28. The minimum atomic E-state index is -0.477. The molecule has 0 spiro atoms. The van der Waals surface area contributed by atoms with E-state index in [1.807, 2.05) is 20.8 Å². The van der Waals surface area contributed by atoms with Crippen LogP contribution in [0.2, 0.25) is 0 Å². The zero-order valence-electron chi connectivity index (χ0n) is 9.79. The lowest BCUT2D eigenvalue weighted by Crippen LogP contribution is -2.24. The molecule has 0 aromatic heterocycles. The lowest BCUT2D eigenvalue weighted by Gasteiger charge is -2.13. The maximum absolute atomic E-state index is 13.3. The van der Waals surface area contributed by atoms with Crippen LogP contribution in [0.1, 0.15) is 19.4 Å². The first-order valence-corrected chi connectivity index (χ1v) is 5.39. The molecule has 1 fully saturated rings. The monoisotopic (exact) mass is 225 g/mol. The Balaban J connectivity index is 0.000000606. The van der Waals surface area contributed by atoms with Gasteiger partial charge in [-0.05, 0) is 24.6 Å². The number of nitrogens with zero attached hydrogens (tertiary/aromatic N) is 1. The number of hydrogen-bond acceptors (Lipinski definition) is 2. The largest absolute Gasteiger partial charge is 0.447 e. The Labute approximate surface area is 94.8 Å². The Bertz CT molecular complexity index is 379. The van der Waals surface area contributed by atoms with Gasteiger partial charge in [-0.25, -0.2) is 9.18 Å². The van der Waals surface area contributed by atoms with E-state index in [1.165, 1.54) is 11.0 Å². The zero-order valence-corrected chi connectivity index (χ0v) is 9.79. The van der Waals surface area contributed by atoms with Gasteiger partial charge in [-0.1, -0.05) is 19.9 Å². The molecule has 1 aromatic rings. The van der Waals surface area contributed by atoms with Gasteiger partial charge in [0.2, 0.25) is 0 Å². The Morgan fingerprint density at radius 3 is 2.62 bits per heavy atom. The van der Waals surface area contributed by atoms with E-state index < -0.39 is 11.9 Å². The molecule has 0 radical (unpaired) electrons. The number of ether oxygens (including phenoxy) is 1. The highest BCUT2D eigenvalue weighted by Gasteiger charge is 2.25. The molecule has 0 aliphatic carbocycles. The van der Waals surface area contributed by atoms with Crippen molar-refractivity contribution in [3.05, 3.63) is 29.6 Å². The minimum absolute atomic E-state index is 0.299. The molecule has 1 aliphatic heterocycles. The molecule has 88 valence electrons. The van der Waals surface area contributed by atoms with Gasteiger partial charge in [0.05, 0.1) is 12.2 Å². The molecule has 1 heterocycles. The first-order chi connectivity index (χ1) is 7.68. The third-order valence-corrected chi connectivity index (χ3v) is 2.15. The fraction of sp³-hybridized carbons (Fsp3) is 0.417. The summed E-state index contributed by atoms with van der Waals surface area (Å²) < 4.78 is 18.1. The van der Waals surface area contributed by atoms with E-state index in [0.29, 0.717) is 18.8 Å². The van der Waals surface area contributed by atoms with Gasteiger partial charge >= 0.3 is 6.09 Å². The second-order valence-corrected chi connectivity index (χ2v) is 3.22.